The van der Waals surface area contributed by atoms with Crippen molar-refractivity contribution in [3.8, 4) is 11.5 Å². The Bertz CT molecular complexity index is 567. The van der Waals surface area contributed by atoms with Gasteiger partial charge < -0.3 is 14.7 Å². The number of aromatic hydroxyl groups is 1. The van der Waals surface area contributed by atoms with E-state index < -0.39 is 0 Å². The molecule has 1 aromatic carbocycles. The Balaban J connectivity index is 2.14. The van der Waals surface area contributed by atoms with Crippen LogP contribution in [0.3, 0.4) is 0 Å². The number of aromatic amines is 1. The van der Waals surface area contributed by atoms with E-state index in [2.05, 4.69) is 10.2 Å². The third-order valence-electron chi connectivity index (χ3n) is 2.76. The van der Waals surface area contributed by atoms with Crippen molar-refractivity contribution in [3.05, 3.63) is 41.7 Å². The summed E-state index contributed by atoms with van der Waals surface area (Å²) in [7, 11) is 3.17. The number of hydrogen-bond acceptors (Lipinski definition) is 4. The van der Waals surface area contributed by atoms with Crippen molar-refractivity contribution >= 4 is 5.91 Å². The number of phenolic OH excluding ortho intramolecular Hbond substituents is 1. The van der Waals surface area contributed by atoms with Crippen molar-refractivity contribution in [2.24, 2.45) is 0 Å². The number of nitrogens with zero attached hydrogens (tertiary/aromatic N) is 2. The van der Waals surface area contributed by atoms with Crippen LogP contribution in [0.5, 0.6) is 11.5 Å². The summed E-state index contributed by atoms with van der Waals surface area (Å²) < 4.78 is 4.98. The highest BCUT2D eigenvalue weighted by atomic mass is 16.5. The SMILES string of the molecule is COc1ccc(C(=O)N(C)Cc2cn[nH]c2)c(O)c1. The fourth-order valence-corrected chi connectivity index (χ4v) is 1.73. The Kier molecular flexibility index (Phi) is 3.70. The lowest BCUT2D eigenvalue weighted by molar-refractivity contribution is 0.0782. The van der Waals surface area contributed by atoms with Crippen molar-refractivity contribution in [2.45, 2.75) is 6.54 Å². The smallest absolute Gasteiger partial charge is 0.257 e. The third kappa shape index (κ3) is 2.85. The second-order valence-electron chi connectivity index (χ2n) is 4.15. The highest BCUT2D eigenvalue weighted by Crippen LogP contribution is 2.24. The Morgan fingerprint density at radius 2 is 2.32 bits per heavy atom. The number of carbonyl (C=O) groups excluding carboxylic acids is 1. The molecule has 100 valence electrons. The van der Waals surface area contributed by atoms with Gasteiger partial charge in [0.25, 0.3) is 5.91 Å². The Labute approximate surface area is 110 Å². The van der Waals surface area contributed by atoms with Crippen LogP contribution in [0.1, 0.15) is 15.9 Å². The lowest BCUT2D eigenvalue weighted by Crippen LogP contribution is -2.26. The summed E-state index contributed by atoms with van der Waals surface area (Å²) in [5.74, 6) is 0.149. The first-order chi connectivity index (χ1) is 9.11. The van der Waals surface area contributed by atoms with Crippen LogP contribution < -0.4 is 4.74 Å². The minimum absolute atomic E-state index is 0.0941. The molecule has 2 aromatic rings. The standard InChI is InChI=1S/C13H15N3O3/c1-16(8-9-6-14-15-7-9)13(18)11-4-3-10(19-2)5-12(11)17/h3-7,17H,8H2,1-2H3,(H,14,15). The van der Waals surface area contributed by atoms with Crippen molar-refractivity contribution < 1.29 is 14.6 Å². The maximum Gasteiger partial charge on any atom is 0.257 e. The fraction of sp³-hybridized carbons (Fsp3) is 0.231. The largest absolute Gasteiger partial charge is 0.507 e. The van der Waals surface area contributed by atoms with Gasteiger partial charge in [0, 0.05) is 31.4 Å². The average molecular weight is 261 g/mol. The van der Waals surface area contributed by atoms with Gasteiger partial charge in [-0.1, -0.05) is 0 Å². The average Bonchev–Trinajstić information content (AvgIpc) is 2.90. The first kappa shape index (κ1) is 12.9. The van der Waals surface area contributed by atoms with E-state index in [0.29, 0.717) is 12.3 Å². The molecule has 0 bridgehead atoms. The number of methoxy groups -OCH3 is 1. The van der Waals surface area contributed by atoms with E-state index in [9.17, 15) is 9.90 Å². The Morgan fingerprint density at radius 3 is 2.89 bits per heavy atom. The van der Waals surface area contributed by atoms with E-state index in [-0.39, 0.29) is 17.2 Å². The molecule has 6 heteroatoms. The molecule has 1 heterocycles. The van der Waals surface area contributed by atoms with Gasteiger partial charge in [0.15, 0.2) is 0 Å². The molecule has 0 atom stereocenters. The predicted molar refractivity (Wildman–Crippen MR) is 69.0 cm³/mol. The number of aromatic nitrogens is 2. The summed E-state index contributed by atoms with van der Waals surface area (Å²) >= 11 is 0. The zero-order valence-electron chi connectivity index (χ0n) is 10.8. The second-order valence-corrected chi connectivity index (χ2v) is 4.15. The molecule has 0 aliphatic heterocycles. The number of rotatable bonds is 4. The number of ether oxygens (including phenoxy) is 1. The van der Waals surface area contributed by atoms with Gasteiger partial charge in [-0.2, -0.15) is 5.10 Å². The highest BCUT2D eigenvalue weighted by molar-refractivity contribution is 5.96. The molecule has 0 fully saturated rings. The van der Waals surface area contributed by atoms with Gasteiger partial charge in [-0.3, -0.25) is 9.89 Å². The van der Waals surface area contributed by atoms with Crippen LogP contribution in [0.2, 0.25) is 0 Å². The van der Waals surface area contributed by atoms with E-state index in [1.54, 1.807) is 31.6 Å². The Morgan fingerprint density at radius 1 is 1.53 bits per heavy atom. The molecule has 6 nitrogen and oxygen atoms in total. The molecule has 2 rings (SSSR count). The number of hydrogen-bond donors (Lipinski definition) is 2. The van der Waals surface area contributed by atoms with Gasteiger partial charge in [0.1, 0.15) is 11.5 Å². The quantitative estimate of drug-likeness (QED) is 0.872. The minimum atomic E-state index is -0.263. The molecule has 0 aliphatic carbocycles. The summed E-state index contributed by atoms with van der Waals surface area (Å²) in [4.78, 5) is 13.7. The van der Waals surface area contributed by atoms with Crippen LogP contribution in [-0.2, 0) is 6.54 Å². The number of benzene rings is 1. The maximum atomic E-state index is 12.2. The maximum absolute atomic E-state index is 12.2. The second kappa shape index (κ2) is 5.43. The van der Waals surface area contributed by atoms with E-state index in [4.69, 9.17) is 4.74 Å². The number of phenols is 1. The van der Waals surface area contributed by atoms with E-state index in [0.717, 1.165) is 5.56 Å². The molecule has 0 saturated heterocycles. The summed E-state index contributed by atoms with van der Waals surface area (Å²) in [5.41, 5.74) is 1.13. The van der Waals surface area contributed by atoms with Crippen LogP contribution in [-0.4, -0.2) is 40.3 Å². The molecule has 1 amide bonds. The van der Waals surface area contributed by atoms with Crippen LogP contribution in [0.15, 0.2) is 30.6 Å². The Hall–Kier alpha value is -2.50. The molecule has 0 radical (unpaired) electrons. The zero-order valence-corrected chi connectivity index (χ0v) is 10.8. The van der Waals surface area contributed by atoms with Gasteiger partial charge in [-0.05, 0) is 12.1 Å². The lowest BCUT2D eigenvalue weighted by atomic mass is 10.1. The van der Waals surface area contributed by atoms with Crippen LogP contribution in [0.4, 0.5) is 0 Å². The first-order valence-electron chi connectivity index (χ1n) is 5.72. The third-order valence-corrected chi connectivity index (χ3v) is 2.76. The lowest BCUT2D eigenvalue weighted by Gasteiger charge is -2.17. The number of amides is 1. The summed E-state index contributed by atoms with van der Waals surface area (Å²) in [6, 6.07) is 4.60. The molecular weight excluding hydrogens is 246 g/mol. The van der Waals surface area contributed by atoms with Crippen LogP contribution >= 0.6 is 0 Å². The molecule has 0 saturated carbocycles. The fourth-order valence-electron chi connectivity index (χ4n) is 1.73. The van der Waals surface area contributed by atoms with Gasteiger partial charge in [0.05, 0.1) is 18.9 Å². The molecule has 2 N–H and O–H groups in total. The number of nitrogens with one attached hydrogen (secondary N) is 1. The van der Waals surface area contributed by atoms with Gasteiger partial charge in [-0.25, -0.2) is 0 Å². The molecule has 0 unspecified atom stereocenters. The highest BCUT2D eigenvalue weighted by Gasteiger charge is 2.16. The van der Waals surface area contributed by atoms with Gasteiger partial charge in [0.2, 0.25) is 0 Å². The molecule has 1 aromatic heterocycles. The topological polar surface area (TPSA) is 78.5 Å². The van der Waals surface area contributed by atoms with Gasteiger partial charge >= 0.3 is 0 Å². The van der Waals surface area contributed by atoms with Crippen molar-refractivity contribution in [1.82, 2.24) is 15.1 Å². The van der Waals surface area contributed by atoms with Crippen molar-refractivity contribution in [2.75, 3.05) is 14.2 Å². The molecule has 19 heavy (non-hydrogen) atoms. The summed E-state index contributed by atoms with van der Waals surface area (Å²) in [6.07, 6.45) is 3.37. The number of carbonyl (C=O) groups is 1. The van der Waals surface area contributed by atoms with E-state index in [1.807, 2.05) is 0 Å². The molecule has 0 aliphatic rings. The minimum Gasteiger partial charge on any atom is -0.507 e. The van der Waals surface area contributed by atoms with Crippen LogP contribution in [0, 0.1) is 0 Å². The monoisotopic (exact) mass is 261 g/mol. The van der Waals surface area contributed by atoms with Crippen molar-refractivity contribution in [3.63, 3.8) is 0 Å². The van der Waals surface area contributed by atoms with Crippen molar-refractivity contribution in [1.29, 1.82) is 0 Å². The van der Waals surface area contributed by atoms with Gasteiger partial charge in [-0.15, -0.1) is 0 Å². The predicted octanol–water partition coefficient (Wildman–Crippen LogP) is 1.40. The normalized spacial score (nSPS) is 10.2. The van der Waals surface area contributed by atoms with E-state index >= 15 is 0 Å². The van der Waals surface area contributed by atoms with E-state index in [1.165, 1.54) is 18.1 Å². The molecular formula is C13H15N3O3. The zero-order chi connectivity index (χ0) is 13.8. The van der Waals surface area contributed by atoms with Crippen LogP contribution in [0.25, 0.3) is 0 Å². The first-order valence-corrected chi connectivity index (χ1v) is 5.72. The summed E-state index contributed by atoms with van der Waals surface area (Å²) in [6.45, 7) is 0.417. The summed E-state index contributed by atoms with van der Waals surface area (Å²) in [5, 5.41) is 16.3. The molecule has 0 spiro atoms. The number of H-pyrrole nitrogens is 1.